The van der Waals surface area contributed by atoms with Gasteiger partial charge in [-0.3, -0.25) is 9.59 Å². The number of esters is 1. The fraction of sp³-hybridized carbons (Fsp3) is 0.500. The van der Waals surface area contributed by atoms with Crippen LogP contribution in [0.15, 0.2) is 41.8 Å². The summed E-state index contributed by atoms with van der Waals surface area (Å²) in [7, 11) is -3.74. The van der Waals surface area contributed by atoms with Crippen LogP contribution in [0.3, 0.4) is 0 Å². The van der Waals surface area contributed by atoms with Crippen molar-refractivity contribution >= 4 is 27.8 Å². The first-order valence-corrected chi connectivity index (χ1v) is 11.9. The molecule has 1 rings (SSSR count). The van der Waals surface area contributed by atoms with Crippen molar-refractivity contribution < 1.29 is 27.5 Å². The number of hydrogen-bond donors (Lipinski definition) is 2. The highest BCUT2D eigenvalue weighted by molar-refractivity contribution is 7.89. The number of hydrogen-bond acceptors (Lipinski definition) is 6. The van der Waals surface area contributed by atoms with E-state index >= 15 is 0 Å². The molecule has 0 radical (unpaired) electrons. The van der Waals surface area contributed by atoms with Crippen LogP contribution in [0, 0.1) is 5.92 Å². The van der Waals surface area contributed by atoms with Crippen LogP contribution in [-0.2, 0) is 24.3 Å². The Labute approximate surface area is 190 Å². The zero-order chi connectivity index (χ0) is 24.5. The minimum absolute atomic E-state index is 0.00923. The van der Waals surface area contributed by atoms with Crippen molar-refractivity contribution in [2.75, 3.05) is 19.6 Å². The summed E-state index contributed by atoms with van der Waals surface area (Å²) < 4.78 is 32.0. The van der Waals surface area contributed by atoms with Crippen molar-refractivity contribution in [1.82, 2.24) is 14.9 Å². The zero-order valence-corrected chi connectivity index (χ0v) is 20.1. The molecule has 0 fully saturated rings. The minimum Gasteiger partial charge on any atom is -0.451 e. The van der Waals surface area contributed by atoms with Gasteiger partial charge in [0.15, 0.2) is 6.10 Å². The number of nitrogens with zero attached hydrogens (tertiary/aromatic N) is 1. The van der Waals surface area contributed by atoms with Crippen LogP contribution in [0.25, 0.3) is 0 Å². The van der Waals surface area contributed by atoms with Gasteiger partial charge in [0.05, 0.1) is 4.90 Å². The van der Waals surface area contributed by atoms with E-state index in [9.17, 15) is 22.8 Å². The van der Waals surface area contributed by atoms with Gasteiger partial charge in [-0.2, -0.15) is 4.31 Å². The topological polar surface area (TPSA) is 122 Å². The van der Waals surface area contributed by atoms with Crippen LogP contribution in [-0.4, -0.2) is 62.3 Å². The highest BCUT2D eigenvalue weighted by Gasteiger charge is 2.30. The Kier molecular flexibility index (Phi) is 10.5. The highest BCUT2D eigenvalue weighted by Crippen LogP contribution is 2.17. The maximum Gasteiger partial charge on any atom is 0.329 e. The molecule has 9 nitrogen and oxygen atoms in total. The van der Waals surface area contributed by atoms with E-state index in [2.05, 4.69) is 17.2 Å². The molecule has 1 unspecified atom stereocenters. The average molecular weight is 468 g/mol. The van der Waals surface area contributed by atoms with Gasteiger partial charge >= 0.3 is 5.97 Å². The molecule has 0 aromatic heterocycles. The lowest BCUT2D eigenvalue weighted by atomic mass is 10.0. The Hall–Kier alpha value is -2.72. The molecule has 1 aromatic rings. The highest BCUT2D eigenvalue weighted by atomic mass is 32.2. The second-order valence-electron chi connectivity index (χ2n) is 7.43. The summed E-state index contributed by atoms with van der Waals surface area (Å²) in [6, 6.07) is 4.60. The summed E-state index contributed by atoms with van der Waals surface area (Å²) in [5, 5.41) is 5.11. The average Bonchev–Trinajstić information content (AvgIpc) is 2.75. The van der Waals surface area contributed by atoms with Gasteiger partial charge < -0.3 is 15.4 Å². The summed E-state index contributed by atoms with van der Waals surface area (Å²) in [6.45, 7) is 12.7. The van der Waals surface area contributed by atoms with Gasteiger partial charge in [0.1, 0.15) is 6.04 Å². The molecule has 0 aliphatic rings. The standard InChI is InChI=1S/C22H33N3O6S/c1-7-13-23-20(26)16(6)31-22(28)19(15(4)5)24-21(27)17-11-10-12-18(14-17)32(29,30)25(8-2)9-3/h7,10-12,14-16,19H,1,8-9,13H2,2-6H3,(H,23,26)(H,24,27)/t16?,19-/m0/s1. The van der Waals surface area contributed by atoms with E-state index in [1.165, 1.54) is 41.6 Å². The van der Waals surface area contributed by atoms with Crippen LogP contribution >= 0.6 is 0 Å². The quantitative estimate of drug-likeness (QED) is 0.356. The third-order valence-corrected chi connectivity index (χ3v) is 6.78. The Morgan fingerprint density at radius 3 is 2.31 bits per heavy atom. The monoisotopic (exact) mass is 467 g/mol. The van der Waals surface area contributed by atoms with E-state index in [0.717, 1.165) is 0 Å². The molecular formula is C22H33N3O6S. The van der Waals surface area contributed by atoms with E-state index in [4.69, 9.17) is 4.74 Å². The van der Waals surface area contributed by atoms with Gasteiger partial charge in [-0.25, -0.2) is 13.2 Å². The van der Waals surface area contributed by atoms with Crippen molar-refractivity contribution in [3.05, 3.63) is 42.5 Å². The van der Waals surface area contributed by atoms with Crippen LogP contribution in [0.1, 0.15) is 45.0 Å². The number of ether oxygens (including phenoxy) is 1. The third kappa shape index (κ3) is 7.16. The predicted molar refractivity (Wildman–Crippen MR) is 121 cm³/mol. The molecule has 0 heterocycles. The Bertz CT molecular complexity index is 925. The third-order valence-electron chi connectivity index (χ3n) is 4.73. The lowest BCUT2D eigenvalue weighted by Gasteiger charge is -2.23. The van der Waals surface area contributed by atoms with E-state index in [1.807, 2.05) is 0 Å². The summed E-state index contributed by atoms with van der Waals surface area (Å²) in [5.41, 5.74) is 0.0912. The minimum atomic E-state index is -3.74. The molecule has 2 atom stereocenters. The fourth-order valence-electron chi connectivity index (χ4n) is 2.85. The van der Waals surface area contributed by atoms with Crippen LogP contribution < -0.4 is 10.6 Å². The summed E-state index contributed by atoms with van der Waals surface area (Å²) in [4.78, 5) is 37.3. The number of rotatable bonds is 12. The lowest BCUT2D eigenvalue weighted by molar-refractivity contribution is -0.157. The maximum absolute atomic E-state index is 12.8. The molecule has 0 spiro atoms. The number of benzene rings is 1. The largest absolute Gasteiger partial charge is 0.451 e. The molecule has 10 heteroatoms. The molecular weight excluding hydrogens is 434 g/mol. The van der Waals surface area contributed by atoms with Gasteiger partial charge in [0.2, 0.25) is 10.0 Å². The van der Waals surface area contributed by atoms with Crippen LogP contribution in [0.5, 0.6) is 0 Å². The number of carbonyl (C=O) groups is 3. The molecule has 0 aliphatic carbocycles. The van der Waals surface area contributed by atoms with Gasteiger partial charge in [-0.1, -0.05) is 39.8 Å². The lowest BCUT2D eigenvalue weighted by Crippen LogP contribution is -2.47. The molecule has 32 heavy (non-hydrogen) atoms. The van der Waals surface area contributed by atoms with Gasteiger partial charge in [-0.15, -0.1) is 6.58 Å². The number of carbonyl (C=O) groups excluding carboxylic acids is 3. The Balaban J connectivity index is 3.01. The van der Waals surface area contributed by atoms with Crippen LogP contribution in [0.4, 0.5) is 0 Å². The van der Waals surface area contributed by atoms with E-state index in [0.29, 0.717) is 13.1 Å². The fourth-order valence-corrected chi connectivity index (χ4v) is 4.35. The number of sulfonamides is 1. The van der Waals surface area contributed by atoms with E-state index < -0.39 is 40.0 Å². The molecule has 0 saturated heterocycles. The van der Waals surface area contributed by atoms with Crippen molar-refractivity contribution in [3.8, 4) is 0 Å². The Morgan fingerprint density at radius 1 is 1.16 bits per heavy atom. The second-order valence-corrected chi connectivity index (χ2v) is 9.36. The number of amides is 2. The smallest absolute Gasteiger partial charge is 0.329 e. The predicted octanol–water partition coefficient (Wildman–Crippen LogP) is 1.71. The molecule has 0 bridgehead atoms. The van der Waals surface area contributed by atoms with E-state index in [1.54, 1.807) is 27.7 Å². The molecule has 178 valence electrons. The van der Waals surface area contributed by atoms with Gasteiger partial charge in [0, 0.05) is 25.2 Å². The van der Waals surface area contributed by atoms with Crippen molar-refractivity contribution in [3.63, 3.8) is 0 Å². The van der Waals surface area contributed by atoms with Gasteiger partial charge in [0.25, 0.3) is 11.8 Å². The van der Waals surface area contributed by atoms with E-state index in [-0.39, 0.29) is 22.9 Å². The first-order chi connectivity index (χ1) is 15.0. The van der Waals surface area contributed by atoms with Crippen molar-refractivity contribution in [2.24, 2.45) is 5.92 Å². The molecule has 2 N–H and O–H groups in total. The Morgan fingerprint density at radius 2 is 1.78 bits per heavy atom. The van der Waals surface area contributed by atoms with Gasteiger partial charge in [-0.05, 0) is 31.0 Å². The SMILES string of the molecule is C=CCNC(=O)C(C)OC(=O)[C@@H](NC(=O)c1cccc(S(=O)(=O)N(CC)CC)c1)C(C)C. The first-order valence-electron chi connectivity index (χ1n) is 10.5. The molecule has 0 saturated carbocycles. The zero-order valence-electron chi connectivity index (χ0n) is 19.3. The normalized spacial score (nSPS) is 13.3. The summed E-state index contributed by atoms with van der Waals surface area (Å²) in [5.74, 6) is -2.21. The van der Waals surface area contributed by atoms with Crippen LogP contribution in [0.2, 0.25) is 0 Å². The van der Waals surface area contributed by atoms with Crippen molar-refractivity contribution in [2.45, 2.75) is 51.7 Å². The maximum atomic E-state index is 12.8. The second kappa shape index (κ2) is 12.4. The first kappa shape index (κ1) is 27.3. The van der Waals surface area contributed by atoms with Crippen molar-refractivity contribution in [1.29, 1.82) is 0 Å². The number of nitrogens with one attached hydrogen (secondary N) is 2. The molecule has 0 aliphatic heterocycles. The summed E-state index contributed by atoms with van der Waals surface area (Å²) >= 11 is 0. The summed E-state index contributed by atoms with van der Waals surface area (Å²) in [6.07, 6.45) is 0.446. The molecule has 2 amide bonds. The molecule has 1 aromatic carbocycles.